The maximum Gasteiger partial charge on any atom is 0.341 e. The van der Waals surface area contributed by atoms with E-state index in [0.717, 1.165) is 25.2 Å². The number of quaternary nitrogens is 1. The number of benzene rings is 1. The highest BCUT2D eigenvalue weighted by Gasteiger charge is 2.15. The Morgan fingerprint density at radius 3 is 2.35 bits per heavy atom. The number of hydrogen-bond donors (Lipinski definition) is 1. The zero-order chi connectivity index (χ0) is 15.0. The Morgan fingerprint density at radius 1 is 1.20 bits per heavy atom. The number of alkyl halides is 2. The number of halogens is 2. The van der Waals surface area contributed by atoms with Crippen molar-refractivity contribution in [1.29, 1.82) is 0 Å². The summed E-state index contributed by atoms with van der Waals surface area (Å²) in [4.78, 5) is 13.0. The van der Waals surface area contributed by atoms with Crippen molar-refractivity contribution in [3.8, 4) is 5.75 Å². The van der Waals surface area contributed by atoms with Crippen LogP contribution in [0.2, 0.25) is 0 Å². The van der Waals surface area contributed by atoms with Crippen molar-refractivity contribution >= 4 is 29.2 Å². The number of carbonyl (C=O) groups is 1. The van der Waals surface area contributed by atoms with Gasteiger partial charge in [-0.1, -0.05) is 0 Å². The zero-order valence-electron chi connectivity index (χ0n) is 11.7. The van der Waals surface area contributed by atoms with Crippen molar-refractivity contribution in [1.82, 2.24) is 0 Å². The molecule has 0 bridgehead atoms. The summed E-state index contributed by atoms with van der Waals surface area (Å²) in [5.74, 6) is 1.26. The van der Waals surface area contributed by atoms with E-state index in [4.69, 9.17) is 32.7 Å². The number of hydrogen-bond acceptors (Lipinski definition) is 3. The third kappa shape index (κ3) is 4.85. The van der Waals surface area contributed by atoms with Crippen LogP contribution in [0.3, 0.4) is 0 Å². The van der Waals surface area contributed by atoms with Crippen LogP contribution in [-0.2, 0) is 11.3 Å². The van der Waals surface area contributed by atoms with Gasteiger partial charge in [-0.05, 0) is 18.2 Å². The molecule has 1 N–H and O–H groups in total. The van der Waals surface area contributed by atoms with Crippen LogP contribution < -0.4 is 9.64 Å². The van der Waals surface area contributed by atoms with Gasteiger partial charge in [-0.3, -0.25) is 0 Å². The van der Waals surface area contributed by atoms with Crippen molar-refractivity contribution in [3.63, 3.8) is 0 Å². The molecule has 4 nitrogen and oxygen atoms in total. The van der Waals surface area contributed by atoms with Gasteiger partial charge >= 0.3 is 5.97 Å². The van der Waals surface area contributed by atoms with Gasteiger partial charge in [0.1, 0.15) is 17.9 Å². The summed E-state index contributed by atoms with van der Waals surface area (Å²) in [6.45, 7) is 2.41. The second-order valence-electron chi connectivity index (χ2n) is 4.33. The molecular weight excluding hydrogens is 301 g/mol. The number of methoxy groups -OCH3 is 2. The van der Waals surface area contributed by atoms with Crippen LogP contribution in [0.4, 0.5) is 0 Å². The van der Waals surface area contributed by atoms with Crippen molar-refractivity contribution in [2.75, 3.05) is 39.1 Å². The molecule has 0 atom stereocenters. The van der Waals surface area contributed by atoms with Crippen LogP contribution in [0.25, 0.3) is 0 Å². The van der Waals surface area contributed by atoms with E-state index in [0.29, 0.717) is 23.1 Å². The third-order valence-corrected chi connectivity index (χ3v) is 3.40. The van der Waals surface area contributed by atoms with Gasteiger partial charge in [0.25, 0.3) is 0 Å². The minimum Gasteiger partial charge on any atom is -0.496 e. The maximum absolute atomic E-state index is 11.7. The molecule has 0 amide bonds. The lowest BCUT2D eigenvalue weighted by atomic mass is 10.1. The van der Waals surface area contributed by atoms with Crippen LogP contribution in [0.5, 0.6) is 5.75 Å². The van der Waals surface area contributed by atoms with E-state index in [2.05, 4.69) is 0 Å². The SMILES string of the molecule is COC(=O)c1cc(C[NH+](CCCl)CCCl)ccc1OC. The molecule has 1 aromatic rings. The summed E-state index contributed by atoms with van der Waals surface area (Å²) in [5, 5.41) is 0. The molecule has 0 fully saturated rings. The highest BCUT2D eigenvalue weighted by atomic mass is 35.5. The molecular formula is C14H20Cl2NO3+. The summed E-state index contributed by atoms with van der Waals surface area (Å²) >= 11 is 11.6. The zero-order valence-corrected chi connectivity index (χ0v) is 13.3. The van der Waals surface area contributed by atoms with Crippen molar-refractivity contribution in [2.45, 2.75) is 6.54 Å². The number of carbonyl (C=O) groups excluding carboxylic acids is 1. The van der Waals surface area contributed by atoms with E-state index < -0.39 is 5.97 Å². The first-order valence-corrected chi connectivity index (χ1v) is 7.43. The molecule has 0 saturated carbocycles. The standard InChI is InChI=1S/C14H19Cl2NO3/c1-19-13-4-3-11(9-12(13)14(18)20-2)10-17(7-5-15)8-6-16/h3-4,9H,5-8,10H2,1-2H3/p+1. The molecule has 112 valence electrons. The second kappa shape index (κ2) is 9.06. The third-order valence-electron chi connectivity index (χ3n) is 3.02. The Kier molecular flexibility index (Phi) is 7.73. The molecule has 20 heavy (non-hydrogen) atoms. The van der Waals surface area contributed by atoms with Gasteiger partial charge in [0.15, 0.2) is 0 Å². The number of nitrogens with one attached hydrogen (secondary N) is 1. The summed E-state index contributed by atoms with van der Waals surface area (Å²) in [6.07, 6.45) is 0. The van der Waals surface area contributed by atoms with Crippen molar-refractivity contribution in [2.24, 2.45) is 0 Å². The van der Waals surface area contributed by atoms with E-state index in [1.165, 1.54) is 19.1 Å². The molecule has 0 aliphatic carbocycles. The second-order valence-corrected chi connectivity index (χ2v) is 5.09. The van der Waals surface area contributed by atoms with Gasteiger partial charge in [0, 0.05) is 5.56 Å². The molecule has 0 aromatic heterocycles. The van der Waals surface area contributed by atoms with E-state index in [1.54, 1.807) is 12.1 Å². The minimum atomic E-state index is -0.403. The topological polar surface area (TPSA) is 40.0 Å². The van der Waals surface area contributed by atoms with Crippen LogP contribution in [-0.4, -0.2) is 45.0 Å². The average Bonchev–Trinajstić information content (AvgIpc) is 2.47. The monoisotopic (exact) mass is 320 g/mol. The Balaban J connectivity index is 2.92. The van der Waals surface area contributed by atoms with Gasteiger partial charge in [-0.25, -0.2) is 4.79 Å². The highest BCUT2D eigenvalue weighted by molar-refractivity contribution is 6.18. The van der Waals surface area contributed by atoms with Gasteiger partial charge in [0.05, 0.1) is 39.1 Å². The number of esters is 1. The summed E-state index contributed by atoms with van der Waals surface area (Å²) in [7, 11) is 2.88. The van der Waals surface area contributed by atoms with E-state index in [9.17, 15) is 4.79 Å². The van der Waals surface area contributed by atoms with Crippen LogP contribution in [0.15, 0.2) is 18.2 Å². The molecule has 6 heteroatoms. The first-order valence-electron chi connectivity index (χ1n) is 6.37. The van der Waals surface area contributed by atoms with Gasteiger partial charge in [-0.15, -0.1) is 23.2 Å². The van der Waals surface area contributed by atoms with E-state index in [-0.39, 0.29) is 0 Å². The smallest absolute Gasteiger partial charge is 0.341 e. The fraction of sp³-hybridized carbons (Fsp3) is 0.500. The fourth-order valence-corrected chi connectivity index (χ4v) is 2.53. The Morgan fingerprint density at radius 2 is 1.85 bits per heavy atom. The predicted molar refractivity (Wildman–Crippen MR) is 80.2 cm³/mol. The quantitative estimate of drug-likeness (QED) is 0.580. The first-order chi connectivity index (χ1) is 9.65. The minimum absolute atomic E-state index is 0.403. The molecule has 1 aromatic carbocycles. The number of rotatable bonds is 8. The summed E-state index contributed by atoms with van der Waals surface area (Å²) in [6, 6.07) is 5.52. The normalized spacial score (nSPS) is 10.7. The van der Waals surface area contributed by atoms with Crippen LogP contribution in [0, 0.1) is 0 Å². The van der Waals surface area contributed by atoms with Crippen LogP contribution >= 0.6 is 23.2 Å². The lowest BCUT2D eigenvalue weighted by molar-refractivity contribution is -0.909. The van der Waals surface area contributed by atoms with E-state index in [1.807, 2.05) is 6.07 Å². The summed E-state index contributed by atoms with van der Waals surface area (Å²) in [5.41, 5.74) is 1.46. The molecule has 1 rings (SSSR count). The summed E-state index contributed by atoms with van der Waals surface area (Å²) < 4.78 is 9.94. The largest absolute Gasteiger partial charge is 0.496 e. The lowest BCUT2D eigenvalue weighted by Gasteiger charge is -2.18. The van der Waals surface area contributed by atoms with Gasteiger partial charge < -0.3 is 14.4 Å². The van der Waals surface area contributed by atoms with Crippen molar-refractivity contribution < 1.29 is 19.2 Å². The maximum atomic E-state index is 11.7. The van der Waals surface area contributed by atoms with Crippen LogP contribution in [0.1, 0.15) is 15.9 Å². The molecule has 0 saturated heterocycles. The lowest BCUT2D eigenvalue weighted by Crippen LogP contribution is -3.11. The molecule has 0 radical (unpaired) electrons. The van der Waals surface area contributed by atoms with Gasteiger partial charge in [0.2, 0.25) is 0 Å². The molecule has 0 aliphatic heterocycles. The molecule has 0 spiro atoms. The Hall–Kier alpha value is -0.970. The first kappa shape index (κ1) is 17.1. The van der Waals surface area contributed by atoms with Gasteiger partial charge in [-0.2, -0.15) is 0 Å². The fourth-order valence-electron chi connectivity index (χ4n) is 1.99. The van der Waals surface area contributed by atoms with E-state index >= 15 is 0 Å². The molecule has 0 heterocycles. The molecule has 0 unspecified atom stereocenters. The highest BCUT2D eigenvalue weighted by Crippen LogP contribution is 2.20. The predicted octanol–water partition coefficient (Wildman–Crippen LogP) is 1.34. The number of ether oxygens (including phenoxy) is 2. The van der Waals surface area contributed by atoms with Crippen molar-refractivity contribution in [3.05, 3.63) is 29.3 Å². The Bertz CT molecular complexity index is 434. The Labute approximate surface area is 129 Å². The molecule has 0 aliphatic rings. The average molecular weight is 321 g/mol.